The molecule has 2 aromatic carbocycles. The molecule has 3 rings (SSSR count). The number of carbonyl (C=O) groups is 1. The largest absolute Gasteiger partial charge is 0.508 e. The van der Waals surface area contributed by atoms with Gasteiger partial charge < -0.3 is 15.7 Å². The Hall–Kier alpha value is -2.33. The quantitative estimate of drug-likeness (QED) is 0.813. The van der Waals surface area contributed by atoms with Gasteiger partial charge in [0.05, 0.1) is 6.04 Å². The summed E-state index contributed by atoms with van der Waals surface area (Å²) in [5.74, 6) is 0.389. The number of phenolic OH excluding ortho intramolecular Hbond substituents is 1. The molecule has 2 atom stereocenters. The van der Waals surface area contributed by atoms with Crippen molar-refractivity contribution in [2.45, 2.75) is 31.3 Å². The molecule has 4 nitrogen and oxygen atoms in total. The summed E-state index contributed by atoms with van der Waals surface area (Å²) < 4.78 is 0. The summed E-state index contributed by atoms with van der Waals surface area (Å²) in [6, 6.07) is 17.0. The molecule has 0 saturated carbocycles. The molecule has 0 radical (unpaired) electrons. The Morgan fingerprint density at radius 3 is 2.65 bits per heavy atom. The molecule has 120 valence electrons. The molecular formula is C19H22N2O2. The van der Waals surface area contributed by atoms with Gasteiger partial charge in [-0.3, -0.25) is 4.79 Å². The van der Waals surface area contributed by atoms with Crippen molar-refractivity contribution in [2.24, 2.45) is 0 Å². The van der Waals surface area contributed by atoms with Gasteiger partial charge >= 0.3 is 0 Å². The third-order valence-corrected chi connectivity index (χ3v) is 4.41. The van der Waals surface area contributed by atoms with Crippen molar-refractivity contribution in [3.05, 3.63) is 65.7 Å². The van der Waals surface area contributed by atoms with Gasteiger partial charge in [0.2, 0.25) is 5.91 Å². The van der Waals surface area contributed by atoms with Crippen LogP contribution >= 0.6 is 0 Å². The number of piperidine rings is 1. The molecule has 4 heteroatoms. The number of rotatable bonds is 4. The fourth-order valence-electron chi connectivity index (χ4n) is 3.18. The highest BCUT2D eigenvalue weighted by molar-refractivity contribution is 5.83. The van der Waals surface area contributed by atoms with Crippen LogP contribution in [0.25, 0.3) is 0 Å². The second-order valence-corrected chi connectivity index (χ2v) is 5.94. The molecular weight excluding hydrogens is 288 g/mol. The van der Waals surface area contributed by atoms with Crippen LogP contribution in [0.5, 0.6) is 5.75 Å². The summed E-state index contributed by atoms with van der Waals surface area (Å²) in [5.41, 5.74) is 1.93. The Bertz CT molecular complexity index is 657. The molecule has 1 saturated heterocycles. The first-order valence-electron chi connectivity index (χ1n) is 8.08. The predicted octanol–water partition coefficient (Wildman–Crippen LogP) is 2.54. The van der Waals surface area contributed by atoms with Gasteiger partial charge in [0.1, 0.15) is 5.75 Å². The van der Waals surface area contributed by atoms with Crippen LogP contribution in [0, 0.1) is 0 Å². The summed E-state index contributed by atoms with van der Waals surface area (Å²) in [6.45, 7) is 1.20. The number of para-hydroxylation sites is 1. The van der Waals surface area contributed by atoms with E-state index in [1.807, 2.05) is 30.3 Å². The summed E-state index contributed by atoms with van der Waals surface area (Å²) >= 11 is 0. The number of hydrogen-bond donors (Lipinski definition) is 3. The molecule has 1 amide bonds. The van der Waals surface area contributed by atoms with Gasteiger partial charge in [0.25, 0.3) is 0 Å². The van der Waals surface area contributed by atoms with E-state index in [0.29, 0.717) is 6.54 Å². The fourth-order valence-corrected chi connectivity index (χ4v) is 3.18. The average molecular weight is 310 g/mol. The van der Waals surface area contributed by atoms with E-state index in [2.05, 4.69) is 22.8 Å². The monoisotopic (exact) mass is 310 g/mol. The average Bonchev–Trinajstić information content (AvgIpc) is 2.61. The molecule has 3 N–H and O–H groups in total. The number of phenols is 1. The zero-order valence-corrected chi connectivity index (χ0v) is 13.0. The zero-order valence-electron chi connectivity index (χ0n) is 13.0. The molecule has 1 aliphatic heterocycles. The van der Waals surface area contributed by atoms with E-state index in [9.17, 15) is 9.90 Å². The highest BCUT2D eigenvalue weighted by Crippen LogP contribution is 2.28. The van der Waals surface area contributed by atoms with Crippen LogP contribution in [0.1, 0.15) is 29.9 Å². The van der Waals surface area contributed by atoms with Crippen LogP contribution in [0.2, 0.25) is 0 Å². The van der Waals surface area contributed by atoms with Gasteiger partial charge in [-0.25, -0.2) is 0 Å². The first kappa shape index (κ1) is 15.6. The second-order valence-electron chi connectivity index (χ2n) is 5.94. The summed E-state index contributed by atoms with van der Waals surface area (Å²) in [6.07, 6.45) is 2.08. The van der Waals surface area contributed by atoms with Crippen molar-refractivity contribution < 1.29 is 9.90 Å². The van der Waals surface area contributed by atoms with E-state index in [-0.39, 0.29) is 23.6 Å². The number of carbonyl (C=O) groups excluding carboxylic acids is 1. The molecule has 0 aliphatic carbocycles. The van der Waals surface area contributed by atoms with Gasteiger partial charge in [-0.05, 0) is 31.0 Å². The summed E-state index contributed by atoms with van der Waals surface area (Å²) in [4.78, 5) is 12.6. The highest BCUT2D eigenvalue weighted by Gasteiger charge is 2.31. The predicted molar refractivity (Wildman–Crippen MR) is 90.2 cm³/mol. The van der Waals surface area contributed by atoms with E-state index >= 15 is 0 Å². The van der Waals surface area contributed by atoms with Crippen LogP contribution in [-0.2, 0) is 11.3 Å². The first-order chi connectivity index (χ1) is 11.3. The number of hydrogen-bond acceptors (Lipinski definition) is 3. The molecule has 1 fully saturated rings. The smallest absolute Gasteiger partial charge is 0.238 e. The van der Waals surface area contributed by atoms with Crippen LogP contribution in [0.4, 0.5) is 0 Å². The van der Waals surface area contributed by atoms with E-state index in [1.165, 1.54) is 5.56 Å². The van der Waals surface area contributed by atoms with Crippen LogP contribution in [0.3, 0.4) is 0 Å². The van der Waals surface area contributed by atoms with Crippen molar-refractivity contribution in [1.82, 2.24) is 10.6 Å². The van der Waals surface area contributed by atoms with Gasteiger partial charge in [-0.15, -0.1) is 0 Å². The molecule has 2 aromatic rings. The molecule has 2 unspecified atom stereocenters. The molecule has 1 heterocycles. The van der Waals surface area contributed by atoms with E-state index in [4.69, 9.17) is 0 Å². The lowest BCUT2D eigenvalue weighted by Gasteiger charge is -2.32. The molecule has 0 spiro atoms. The standard InChI is InChI=1S/C19H22N2O2/c22-17-11-5-4-9-15(17)13-21-19(23)18-16(10-6-12-20-18)14-7-2-1-3-8-14/h1-5,7-9,11,16,18,20,22H,6,10,12-13H2,(H,21,23). The van der Waals surface area contributed by atoms with Crippen molar-refractivity contribution in [2.75, 3.05) is 6.54 Å². The zero-order chi connectivity index (χ0) is 16.1. The Kier molecular flexibility index (Phi) is 4.93. The number of amides is 1. The lowest BCUT2D eigenvalue weighted by Crippen LogP contribution is -2.50. The van der Waals surface area contributed by atoms with Crippen molar-refractivity contribution in [3.8, 4) is 5.75 Å². The third-order valence-electron chi connectivity index (χ3n) is 4.41. The SMILES string of the molecule is O=C(NCc1ccccc1O)C1NCCCC1c1ccccc1. The minimum atomic E-state index is -0.225. The minimum absolute atomic E-state index is 0.0122. The maximum atomic E-state index is 12.6. The molecule has 1 aliphatic rings. The molecule has 0 aromatic heterocycles. The van der Waals surface area contributed by atoms with Crippen LogP contribution in [0.15, 0.2) is 54.6 Å². The van der Waals surface area contributed by atoms with Gasteiger partial charge in [-0.2, -0.15) is 0 Å². The Balaban J connectivity index is 1.68. The Morgan fingerprint density at radius 2 is 1.87 bits per heavy atom. The fraction of sp³-hybridized carbons (Fsp3) is 0.316. The molecule has 23 heavy (non-hydrogen) atoms. The van der Waals surface area contributed by atoms with Crippen LogP contribution in [-0.4, -0.2) is 23.6 Å². The van der Waals surface area contributed by atoms with Crippen molar-refractivity contribution in [1.29, 1.82) is 0 Å². The topological polar surface area (TPSA) is 61.4 Å². The Labute approximate surface area is 136 Å². The van der Waals surface area contributed by atoms with Gasteiger partial charge in [0, 0.05) is 18.0 Å². The summed E-state index contributed by atoms with van der Waals surface area (Å²) in [5, 5.41) is 16.1. The van der Waals surface area contributed by atoms with Crippen molar-refractivity contribution >= 4 is 5.91 Å². The number of benzene rings is 2. The van der Waals surface area contributed by atoms with Gasteiger partial charge in [0.15, 0.2) is 0 Å². The van der Waals surface area contributed by atoms with E-state index in [0.717, 1.165) is 24.9 Å². The van der Waals surface area contributed by atoms with Gasteiger partial charge in [-0.1, -0.05) is 48.5 Å². The number of aromatic hydroxyl groups is 1. The second kappa shape index (κ2) is 7.29. The number of nitrogens with one attached hydrogen (secondary N) is 2. The Morgan fingerprint density at radius 1 is 1.13 bits per heavy atom. The maximum Gasteiger partial charge on any atom is 0.238 e. The van der Waals surface area contributed by atoms with Crippen LogP contribution < -0.4 is 10.6 Å². The lowest BCUT2D eigenvalue weighted by molar-refractivity contribution is -0.124. The first-order valence-corrected chi connectivity index (χ1v) is 8.08. The summed E-state index contributed by atoms with van der Waals surface area (Å²) in [7, 11) is 0. The highest BCUT2D eigenvalue weighted by atomic mass is 16.3. The normalized spacial score (nSPS) is 20.9. The third kappa shape index (κ3) is 3.71. The maximum absolute atomic E-state index is 12.6. The molecule has 0 bridgehead atoms. The lowest BCUT2D eigenvalue weighted by atomic mass is 9.84. The van der Waals surface area contributed by atoms with E-state index in [1.54, 1.807) is 12.1 Å². The van der Waals surface area contributed by atoms with Crippen molar-refractivity contribution in [3.63, 3.8) is 0 Å². The van der Waals surface area contributed by atoms with E-state index < -0.39 is 0 Å². The minimum Gasteiger partial charge on any atom is -0.508 e.